The van der Waals surface area contributed by atoms with Crippen molar-refractivity contribution in [3.63, 3.8) is 0 Å². The van der Waals surface area contributed by atoms with E-state index in [9.17, 15) is 8.78 Å². The summed E-state index contributed by atoms with van der Waals surface area (Å²) in [5, 5.41) is 4.10. The standard InChI is InChI=1S/C20H19F2N3O/c21-18(22)20-24-16-9-5-4-8-15(16)19(25-20)23-14-10-11-26-17(12-14)13-6-2-1-3-7-13/h1-9,14,17-18H,10-12H2,(H,23,24,25). The lowest BCUT2D eigenvalue weighted by molar-refractivity contribution is 0.00975. The van der Waals surface area contributed by atoms with Crippen LogP contribution in [-0.4, -0.2) is 22.6 Å². The van der Waals surface area contributed by atoms with Crippen LogP contribution < -0.4 is 5.32 Å². The number of hydrogen-bond acceptors (Lipinski definition) is 4. The van der Waals surface area contributed by atoms with E-state index in [4.69, 9.17) is 4.74 Å². The number of hydrogen-bond donors (Lipinski definition) is 1. The summed E-state index contributed by atoms with van der Waals surface area (Å²) in [6.45, 7) is 0.613. The molecule has 0 bridgehead atoms. The molecule has 0 saturated carbocycles. The van der Waals surface area contributed by atoms with Crippen molar-refractivity contribution in [3.05, 3.63) is 66.0 Å². The minimum absolute atomic E-state index is 0.00915. The first-order chi connectivity index (χ1) is 12.7. The maximum atomic E-state index is 13.2. The summed E-state index contributed by atoms with van der Waals surface area (Å²) in [7, 11) is 0. The Labute approximate surface area is 150 Å². The zero-order chi connectivity index (χ0) is 17.9. The van der Waals surface area contributed by atoms with Crippen molar-refractivity contribution in [1.82, 2.24) is 9.97 Å². The lowest BCUT2D eigenvalue weighted by Gasteiger charge is -2.31. The van der Waals surface area contributed by atoms with Crippen LogP contribution in [0.25, 0.3) is 10.9 Å². The van der Waals surface area contributed by atoms with E-state index in [1.807, 2.05) is 42.5 Å². The molecule has 1 saturated heterocycles. The number of anilines is 1. The van der Waals surface area contributed by atoms with Gasteiger partial charge in [-0.1, -0.05) is 42.5 Å². The van der Waals surface area contributed by atoms with Crippen molar-refractivity contribution >= 4 is 16.7 Å². The number of benzene rings is 2. The van der Waals surface area contributed by atoms with E-state index >= 15 is 0 Å². The number of aromatic nitrogens is 2. The average Bonchev–Trinajstić information content (AvgIpc) is 2.69. The Morgan fingerprint density at radius 3 is 2.58 bits per heavy atom. The summed E-state index contributed by atoms with van der Waals surface area (Å²) < 4.78 is 32.2. The largest absolute Gasteiger partial charge is 0.373 e. The van der Waals surface area contributed by atoms with Crippen LogP contribution in [0.4, 0.5) is 14.6 Å². The van der Waals surface area contributed by atoms with Crippen molar-refractivity contribution in [2.75, 3.05) is 11.9 Å². The maximum Gasteiger partial charge on any atom is 0.297 e. The van der Waals surface area contributed by atoms with E-state index in [2.05, 4.69) is 15.3 Å². The predicted molar refractivity (Wildman–Crippen MR) is 96.3 cm³/mol. The zero-order valence-corrected chi connectivity index (χ0v) is 14.1. The molecule has 0 amide bonds. The molecule has 26 heavy (non-hydrogen) atoms. The van der Waals surface area contributed by atoms with Crippen LogP contribution in [0.2, 0.25) is 0 Å². The average molecular weight is 355 g/mol. The van der Waals surface area contributed by atoms with Crippen LogP contribution in [0.15, 0.2) is 54.6 Å². The second kappa shape index (κ2) is 7.33. The molecule has 1 fully saturated rings. The van der Waals surface area contributed by atoms with E-state index in [1.54, 1.807) is 12.1 Å². The quantitative estimate of drug-likeness (QED) is 0.723. The van der Waals surface area contributed by atoms with Gasteiger partial charge in [0.15, 0.2) is 5.82 Å². The lowest BCUT2D eigenvalue weighted by Crippen LogP contribution is -2.30. The highest BCUT2D eigenvalue weighted by molar-refractivity contribution is 5.89. The van der Waals surface area contributed by atoms with Crippen LogP contribution in [0.3, 0.4) is 0 Å². The van der Waals surface area contributed by atoms with Gasteiger partial charge in [-0.2, -0.15) is 0 Å². The second-order valence-corrected chi connectivity index (χ2v) is 6.38. The molecule has 2 aromatic carbocycles. The van der Waals surface area contributed by atoms with E-state index in [-0.39, 0.29) is 12.1 Å². The van der Waals surface area contributed by atoms with Gasteiger partial charge >= 0.3 is 0 Å². The van der Waals surface area contributed by atoms with Crippen molar-refractivity contribution in [2.24, 2.45) is 0 Å². The van der Waals surface area contributed by atoms with E-state index in [0.29, 0.717) is 17.9 Å². The first-order valence-electron chi connectivity index (χ1n) is 8.68. The van der Waals surface area contributed by atoms with Gasteiger partial charge in [0, 0.05) is 18.0 Å². The smallest absolute Gasteiger partial charge is 0.297 e. The van der Waals surface area contributed by atoms with Crippen molar-refractivity contribution in [1.29, 1.82) is 0 Å². The Bertz CT molecular complexity index is 889. The molecular weight excluding hydrogens is 336 g/mol. The SMILES string of the molecule is FC(F)c1nc(NC2CCOC(c3ccccc3)C2)c2ccccc2n1. The summed E-state index contributed by atoms with van der Waals surface area (Å²) in [6.07, 6.45) is -1.16. The van der Waals surface area contributed by atoms with E-state index in [0.717, 1.165) is 23.8 Å². The monoisotopic (exact) mass is 355 g/mol. The van der Waals surface area contributed by atoms with Crippen LogP contribution in [0.5, 0.6) is 0 Å². The van der Waals surface area contributed by atoms with E-state index in [1.165, 1.54) is 0 Å². The summed E-state index contributed by atoms with van der Waals surface area (Å²) in [5.74, 6) is 0.0162. The highest BCUT2D eigenvalue weighted by Gasteiger charge is 2.25. The fourth-order valence-electron chi connectivity index (χ4n) is 3.32. The van der Waals surface area contributed by atoms with Crippen molar-refractivity contribution in [3.8, 4) is 0 Å². The first-order valence-corrected chi connectivity index (χ1v) is 8.68. The highest BCUT2D eigenvalue weighted by Crippen LogP contribution is 2.31. The Morgan fingerprint density at radius 2 is 1.77 bits per heavy atom. The summed E-state index contributed by atoms with van der Waals surface area (Å²) >= 11 is 0. The number of nitrogens with one attached hydrogen (secondary N) is 1. The van der Waals surface area contributed by atoms with Crippen LogP contribution in [-0.2, 0) is 4.74 Å². The number of fused-ring (bicyclic) bond motifs is 1. The molecule has 2 unspecified atom stereocenters. The maximum absolute atomic E-state index is 13.2. The molecule has 6 heteroatoms. The van der Waals surface area contributed by atoms with Gasteiger partial charge in [0.25, 0.3) is 6.43 Å². The number of rotatable bonds is 4. The Morgan fingerprint density at radius 1 is 1.00 bits per heavy atom. The molecule has 4 nitrogen and oxygen atoms in total. The molecular formula is C20H19F2N3O. The van der Waals surface area contributed by atoms with Gasteiger partial charge in [-0.3, -0.25) is 0 Å². The molecule has 0 aliphatic carbocycles. The minimum Gasteiger partial charge on any atom is -0.373 e. The Balaban J connectivity index is 1.60. The molecule has 1 aliphatic heterocycles. The van der Waals surface area contributed by atoms with Crippen LogP contribution >= 0.6 is 0 Å². The van der Waals surface area contributed by atoms with Crippen LogP contribution in [0.1, 0.15) is 36.8 Å². The molecule has 2 atom stereocenters. The molecule has 1 aromatic heterocycles. The molecule has 4 rings (SSSR count). The van der Waals surface area contributed by atoms with Gasteiger partial charge in [0.05, 0.1) is 11.6 Å². The summed E-state index contributed by atoms with van der Waals surface area (Å²) in [6, 6.07) is 17.4. The topological polar surface area (TPSA) is 47.0 Å². The second-order valence-electron chi connectivity index (χ2n) is 6.38. The number of alkyl halides is 2. The third-order valence-electron chi connectivity index (χ3n) is 4.61. The number of para-hydroxylation sites is 1. The predicted octanol–water partition coefficient (Wildman–Crippen LogP) is 4.90. The van der Waals surface area contributed by atoms with Gasteiger partial charge in [0.2, 0.25) is 0 Å². The third-order valence-corrected chi connectivity index (χ3v) is 4.61. The van der Waals surface area contributed by atoms with Gasteiger partial charge in [-0.25, -0.2) is 18.7 Å². The first kappa shape index (κ1) is 16.8. The summed E-state index contributed by atoms with van der Waals surface area (Å²) in [5.41, 5.74) is 1.65. The molecule has 134 valence electrons. The van der Waals surface area contributed by atoms with Crippen molar-refractivity contribution in [2.45, 2.75) is 31.4 Å². The van der Waals surface area contributed by atoms with Gasteiger partial charge in [-0.15, -0.1) is 0 Å². The van der Waals surface area contributed by atoms with Crippen LogP contribution in [0, 0.1) is 0 Å². The molecule has 3 aromatic rings. The fraction of sp³-hybridized carbons (Fsp3) is 0.300. The molecule has 2 heterocycles. The van der Waals surface area contributed by atoms with E-state index < -0.39 is 12.2 Å². The fourth-order valence-corrected chi connectivity index (χ4v) is 3.32. The Hall–Kier alpha value is -2.60. The Kier molecular flexibility index (Phi) is 4.75. The molecule has 1 N–H and O–H groups in total. The van der Waals surface area contributed by atoms with Gasteiger partial charge in [0.1, 0.15) is 5.82 Å². The molecule has 0 spiro atoms. The van der Waals surface area contributed by atoms with Crippen molar-refractivity contribution < 1.29 is 13.5 Å². The number of nitrogens with zero attached hydrogens (tertiary/aromatic N) is 2. The minimum atomic E-state index is -2.70. The lowest BCUT2D eigenvalue weighted by atomic mass is 9.97. The van der Waals surface area contributed by atoms with Gasteiger partial charge < -0.3 is 10.1 Å². The zero-order valence-electron chi connectivity index (χ0n) is 14.1. The third kappa shape index (κ3) is 3.51. The summed E-state index contributed by atoms with van der Waals surface area (Å²) in [4.78, 5) is 8.04. The highest BCUT2D eigenvalue weighted by atomic mass is 19.3. The normalized spacial score (nSPS) is 20.4. The van der Waals surface area contributed by atoms with Gasteiger partial charge in [-0.05, 0) is 30.5 Å². The number of ether oxygens (including phenoxy) is 1. The molecule has 0 radical (unpaired) electrons. The number of halogens is 2. The molecule has 1 aliphatic rings.